The van der Waals surface area contributed by atoms with Crippen molar-refractivity contribution in [2.75, 3.05) is 19.1 Å². The number of hydrogen-bond acceptors (Lipinski definition) is 6. The largest absolute Gasteiger partial charge is 0.492 e. The average molecular weight is 630 g/mol. The van der Waals surface area contributed by atoms with Crippen LogP contribution in [0.3, 0.4) is 0 Å². The van der Waals surface area contributed by atoms with Gasteiger partial charge in [-0.1, -0.05) is 55.8 Å². The third kappa shape index (κ3) is 7.22. The Bertz CT molecular complexity index is 1110. The van der Waals surface area contributed by atoms with Crippen molar-refractivity contribution in [3.63, 3.8) is 0 Å². The molecule has 1 heterocycles. The first-order chi connectivity index (χ1) is 16.6. The quantitative estimate of drug-likeness (QED) is 0.215. The summed E-state index contributed by atoms with van der Waals surface area (Å²) in [6, 6.07) is 13.7. The van der Waals surface area contributed by atoms with Gasteiger partial charge in [-0.3, -0.25) is 0 Å². The molecule has 0 aliphatic heterocycles. The minimum Gasteiger partial charge on any atom is -0.492 e. The van der Waals surface area contributed by atoms with Crippen LogP contribution in [0, 0.1) is 9.62 Å². The summed E-state index contributed by atoms with van der Waals surface area (Å²) in [6.45, 7) is 6.95. The van der Waals surface area contributed by atoms with E-state index in [1.54, 1.807) is 4.68 Å². The molecule has 2 N–H and O–H groups in total. The lowest BCUT2D eigenvalue weighted by Gasteiger charge is -2.27. The lowest BCUT2D eigenvalue weighted by Crippen LogP contribution is -2.25. The average Bonchev–Trinajstić information content (AvgIpc) is 3.20. The molecule has 190 valence electrons. The predicted molar refractivity (Wildman–Crippen MR) is 146 cm³/mol. The Morgan fingerprint density at radius 1 is 1.09 bits per heavy atom. The van der Waals surface area contributed by atoms with E-state index in [1.807, 2.05) is 72.0 Å². The first kappa shape index (κ1) is 28.0. The maximum Gasteiger partial charge on any atom is 0.137 e. The fourth-order valence-electron chi connectivity index (χ4n) is 3.41. The van der Waals surface area contributed by atoms with Crippen LogP contribution < -0.4 is 9.47 Å². The SMILES string of the molecule is C[C@H](CCl)COc1ccc(C(C)(C)c2ccc(OC[C@@H](O)Cn3nnc(CO)c3[123I])cc2)cc1Cl. The van der Waals surface area contributed by atoms with Crippen LogP contribution in [0.2, 0.25) is 5.02 Å². The summed E-state index contributed by atoms with van der Waals surface area (Å²) in [5.41, 5.74) is 2.35. The van der Waals surface area contributed by atoms with E-state index in [1.165, 1.54) is 0 Å². The van der Waals surface area contributed by atoms with Crippen LogP contribution in [0.4, 0.5) is 0 Å². The number of hydrogen-bond donors (Lipinski definition) is 2. The van der Waals surface area contributed by atoms with Crippen molar-refractivity contribution in [3.8, 4) is 11.5 Å². The molecule has 1 aromatic heterocycles. The molecule has 3 rings (SSSR count). The van der Waals surface area contributed by atoms with Gasteiger partial charge in [0.25, 0.3) is 0 Å². The number of ether oxygens (including phenoxy) is 2. The van der Waals surface area contributed by atoms with Crippen molar-refractivity contribution in [1.29, 1.82) is 0 Å². The van der Waals surface area contributed by atoms with E-state index in [2.05, 4.69) is 24.2 Å². The molecule has 0 aliphatic carbocycles. The van der Waals surface area contributed by atoms with Crippen LogP contribution in [-0.2, 0) is 18.6 Å². The summed E-state index contributed by atoms with van der Waals surface area (Å²) in [5.74, 6) is 2.09. The molecule has 0 fully saturated rings. The van der Waals surface area contributed by atoms with Crippen LogP contribution in [0.5, 0.6) is 11.5 Å². The van der Waals surface area contributed by atoms with E-state index >= 15 is 0 Å². The number of nitrogens with zero attached hydrogens (tertiary/aromatic N) is 3. The van der Waals surface area contributed by atoms with Crippen molar-refractivity contribution in [2.45, 2.75) is 45.4 Å². The molecule has 0 radical (unpaired) electrons. The molecule has 3 aromatic rings. The van der Waals surface area contributed by atoms with Gasteiger partial charge in [-0.05, 0) is 58.0 Å². The van der Waals surface area contributed by atoms with Crippen molar-refractivity contribution in [2.24, 2.45) is 5.92 Å². The predicted octanol–water partition coefficient (Wildman–Crippen LogP) is 5.05. The number of benzene rings is 2. The lowest BCUT2D eigenvalue weighted by atomic mass is 9.78. The minimum atomic E-state index is -0.775. The third-order valence-electron chi connectivity index (χ3n) is 5.73. The minimum absolute atomic E-state index is 0.104. The number of aliphatic hydroxyl groups excluding tert-OH is 2. The maximum absolute atomic E-state index is 10.3. The number of aromatic nitrogens is 3. The molecule has 0 saturated carbocycles. The molecule has 0 amide bonds. The zero-order chi connectivity index (χ0) is 25.6. The van der Waals surface area contributed by atoms with Crippen molar-refractivity contribution >= 4 is 45.8 Å². The molecule has 35 heavy (non-hydrogen) atoms. The van der Waals surface area contributed by atoms with E-state index < -0.39 is 6.10 Å². The Morgan fingerprint density at radius 2 is 1.77 bits per heavy atom. The fraction of sp³-hybridized carbons (Fsp3) is 0.440. The van der Waals surface area contributed by atoms with E-state index in [0.29, 0.717) is 38.4 Å². The van der Waals surface area contributed by atoms with E-state index in [9.17, 15) is 10.2 Å². The highest BCUT2D eigenvalue weighted by Gasteiger charge is 2.24. The van der Waals surface area contributed by atoms with Gasteiger partial charge in [-0.2, -0.15) is 0 Å². The zero-order valence-corrected chi connectivity index (χ0v) is 23.6. The topological polar surface area (TPSA) is 89.6 Å². The summed E-state index contributed by atoms with van der Waals surface area (Å²) in [4.78, 5) is 0. The molecule has 10 heteroatoms. The Balaban J connectivity index is 1.60. The van der Waals surface area contributed by atoms with E-state index in [4.69, 9.17) is 32.7 Å². The van der Waals surface area contributed by atoms with Crippen LogP contribution in [0.15, 0.2) is 42.5 Å². The summed E-state index contributed by atoms with van der Waals surface area (Å²) in [7, 11) is 0. The number of alkyl halides is 1. The maximum atomic E-state index is 10.3. The molecular formula is C25H30Cl2IN3O4. The molecule has 0 aliphatic rings. The molecule has 2 aromatic carbocycles. The van der Waals surface area contributed by atoms with Crippen molar-refractivity contribution in [3.05, 3.63) is 68.0 Å². The van der Waals surface area contributed by atoms with Crippen LogP contribution >= 0.6 is 45.8 Å². The summed E-state index contributed by atoms with van der Waals surface area (Å²) in [5, 5.41) is 27.9. The second-order valence-electron chi connectivity index (χ2n) is 9.00. The summed E-state index contributed by atoms with van der Waals surface area (Å²) >= 11 is 14.4. The van der Waals surface area contributed by atoms with Gasteiger partial charge in [0.1, 0.15) is 33.6 Å². The molecule has 0 bridgehead atoms. The van der Waals surface area contributed by atoms with E-state index in [-0.39, 0.29) is 31.1 Å². The molecule has 0 saturated heterocycles. The van der Waals surface area contributed by atoms with Gasteiger partial charge < -0.3 is 19.7 Å². The van der Waals surface area contributed by atoms with Gasteiger partial charge in [0.15, 0.2) is 0 Å². The molecule has 0 spiro atoms. The van der Waals surface area contributed by atoms with Crippen LogP contribution in [0.1, 0.15) is 37.6 Å². The third-order valence-corrected chi connectivity index (χ3v) is 7.73. The normalized spacial score (nSPS) is 13.5. The highest BCUT2D eigenvalue weighted by Crippen LogP contribution is 2.36. The number of halogens is 3. The smallest absolute Gasteiger partial charge is 0.137 e. The Kier molecular flexibility index (Phi) is 10.1. The Labute approximate surface area is 229 Å². The van der Waals surface area contributed by atoms with Crippen molar-refractivity contribution < 1.29 is 19.7 Å². The first-order valence-electron chi connectivity index (χ1n) is 11.2. The summed E-state index contributed by atoms with van der Waals surface area (Å²) < 4.78 is 13.8. The summed E-state index contributed by atoms with van der Waals surface area (Å²) in [6.07, 6.45) is -0.775. The highest BCUT2D eigenvalue weighted by atomic mass is 123. The molecular weight excluding hydrogens is 600 g/mol. The van der Waals surface area contributed by atoms with Gasteiger partial charge in [-0.25, -0.2) is 4.68 Å². The highest BCUT2D eigenvalue weighted by molar-refractivity contribution is 14.1. The zero-order valence-electron chi connectivity index (χ0n) is 19.9. The molecule has 2 atom stereocenters. The lowest BCUT2D eigenvalue weighted by molar-refractivity contribution is 0.0881. The monoisotopic (exact) mass is 629 g/mol. The standard InChI is InChI=1S/C25H30Cl2IN3O4/c1-16(11-26)14-35-23-9-6-18(10-21(23)27)25(2,3)17-4-7-20(8-5-17)34-15-19(33)12-31-24(28)22(13-32)29-30-31/h4-10,16,19,32-33H,11-15H2,1-3H3/t16-,19+/m1/s1/i28-4. The number of rotatable bonds is 12. The first-order valence-corrected chi connectivity index (χ1v) is 13.2. The second kappa shape index (κ2) is 12.6. The molecule has 7 nitrogen and oxygen atoms in total. The van der Waals surface area contributed by atoms with Crippen LogP contribution in [0.25, 0.3) is 0 Å². The van der Waals surface area contributed by atoms with Crippen molar-refractivity contribution in [1.82, 2.24) is 15.0 Å². The van der Waals surface area contributed by atoms with Gasteiger partial charge in [0.05, 0.1) is 24.8 Å². The van der Waals surface area contributed by atoms with Gasteiger partial charge in [-0.15, -0.1) is 16.7 Å². The fourth-order valence-corrected chi connectivity index (χ4v) is 4.31. The Hall–Kier alpha value is -1.59. The number of aliphatic hydroxyl groups is 2. The second-order valence-corrected chi connectivity index (χ2v) is 10.7. The van der Waals surface area contributed by atoms with E-state index in [0.717, 1.165) is 11.1 Å². The van der Waals surface area contributed by atoms with Gasteiger partial charge >= 0.3 is 0 Å². The Morgan fingerprint density at radius 3 is 2.37 bits per heavy atom. The molecule has 0 unspecified atom stereocenters. The van der Waals surface area contributed by atoms with Crippen LogP contribution in [-0.4, -0.2) is 50.4 Å². The van der Waals surface area contributed by atoms with Gasteiger partial charge in [0, 0.05) is 17.2 Å². The van der Waals surface area contributed by atoms with Gasteiger partial charge in [0.2, 0.25) is 0 Å².